The summed E-state index contributed by atoms with van der Waals surface area (Å²) in [5.41, 5.74) is 1.50. The molecule has 1 N–H and O–H groups in total. The molecule has 1 saturated heterocycles. The normalized spacial score (nSPS) is 18.7. The van der Waals surface area contributed by atoms with E-state index >= 15 is 0 Å². The molecule has 0 bridgehead atoms. The second-order valence-electron chi connectivity index (χ2n) is 6.10. The zero-order valence-corrected chi connectivity index (χ0v) is 15.0. The first-order valence-electron chi connectivity index (χ1n) is 8.43. The Kier molecular flexibility index (Phi) is 5.20. The van der Waals surface area contributed by atoms with Crippen molar-refractivity contribution in [3.63, 3.8) is 0 Å². The van der Waals surface area contributed by atoms with Crippen molar-refractivity contribution in [3.05, 3.63) is 54.6 Å². The van der Waals surface area contributed by atoms with Crippen LogP contribution in [0.1, 0.15) is 19.3 Å². The van der Waals surface area contributed by atoms with Crippen LogP contribution in [0.3, 0.4) is 0 Å². The number of rotatable bonds is 4. The van der Waals surface area contributed by atoms with Gasteiger partial charge < -0.3 is 5.32 Å². The van der Waals surface area contributed by atoms with Crippen molar-refractivity contribution in [2.24, 2.45) is 0 Å². The predicted molar refractivity (Wildman–Crippen MR) is 97.5 cm³/mol. The van der Waals surface area contributed by atoms with Crippen molar-refractivity contribution in [2.45, 2.75) is 30.2 Å². The number of amides is 1. The molecule has 2 aromatic rings. The molecule has 1 aliphatic rings. The van der Waals surface area contributed by atoms with E-state index in [-0.39, 0.29) is 10.8 Å². The number of hydrogen-bond acceptors (Lipinski definition) is 3. The molecule has 25 heavy (non-hydrogen) atoms. The molecule has 5 nitrogen and oxygen atoms in total. The second-order valence-corrected chi connectivity index (χ2v) is 7.96. The van der Waals surface area contributed by atoms with Crippen LogP contribution in [0, 0.1) is 0 Å². The van der Waals surface area contributed by atoms with Gasteiger partial charge in [0.25, 0.3) is 0 Å². The van der Waals surface area contributed by atoms with Gasteiger partial charge in [0.15, 0.2) is 0 Å². The maximum atomic E-state index is 13.4. The van der Waals surface area contributed by atoms with E-state index in [9.17, 15) is 13.2 Å². The van der Waals surface area contributed by atoms with E-state index in [1.165, 1.54) is 4.31 Å². The summed E-state index contributed by atoms with van der Waals surface area (Å²) < 4.78 is 28.1. The monoisotopic (exact) mass is 358 g/mol. The van der Waals surface area contributed by atoms with Crippen LogP contribution in [0.5, 0.6) is 0 Å². The summed E-state index contributed by atoms with van der Waals surface area (Å²) in [5.74, 6) is -0.250. The molecule has 0 spiro atoms. The van der Waals surface area contributed by atoms with Gasteiger partial charge in [0, 0.05) is 19.2 Å². The third-order valence-electron chi connectivity index (χ3n) is 4.56. The van der Waals surface area contributed by atoms with E-state index in [0.29, 0.717) is 18.5 Å². The fourth-order valence-electron chi connectivity index (χ4n) is 3.30. The Labute approximate surface area is 148 Å². The van der Waals surface area contributed by atoms with Gasteiger partial charge >= 0.3 is 0 Å². The van der Waals surface area contributed by atoms with E-state index < -0.39 is 16.1 Å². The van der Waals surface area contributed by atoms with Gasteiger partial charge in [0.1, 0.15) is 6.04 Å². The Hall–Kier alpha value is -2.18. The fourth-order valence-corrected chi connectivity index (χ4v) is 5.17. The number of carbonyl (C=O) groups excluding carboxylic acids is 1. The number of likely N-dealkylation sites (N-methyl/N-ethyl adjacent to an activating group) is 1. The number of sulfonamides is 1. The lowest BCUT2D eigenvalue weighted by molar-refractivity contribution is -0.125. The van der Waals surface area contributed by atoms with Crippen LogP contribution in [0.2, 0.25) is 0 Å². The molecule has 6 heteroatoms. The summed E-state index contributed by atoms with van der Waals surface area (Å²) in [4.78, 5) is 12.4. The van der Waals surface area contributed by atoms with Crippen molar-refractivity contribution >= 4 is 15.9 Å². The quantitative estimate of drug-likeness (QED) is 0.914. The number of nitrogens with one attached hydrogen (secondary N) is 1. The summed E-state index contributed by atoms with van der Waals surface area (Å²) in [6.07, 6.45) is 2.16. The number of benzene rings is 2. The largest absolute Gasteiger partial charge is 0.358 e. The molecule has 3 rings (SSSR count). The summed E-state index contributed by atoms with van der Waals surface area (Å²) in [5, 5.41) is 2.59. The third kappa shape index (κ3) is 3.45. The summed E-state index contributed by atoms with van der Waals surface area (Å²) in [6, 6.07) is 15.8. The zero-order chi connectivity index (χ0) is 17.9. The van der Waals surface area contributed by atoms with Crippen molar-refractivity contribution in [3.8, 4) is 11.1 Å². The van der Waals surface area contributed by atoms with Crippen molar-refractivity contribution in [1.29, 1.82) is 0 Å². The lowest BCUT2D eigenvalue weighted by Crippen LogP contribution is -2.51. The number of nitrogens with zero attached hydrogens (tertiary/aromatic N) is 1. The molecule has 132 valence electrons. The van der Waals surface area contributed by atoms with Gasteiger partial charge in [-0.25, -0.2) is 8.42 Å². The van der Waals surface area contributed by atoms with E-state index in [4.69, 9.17) is 0 Å². The molecular formula is C19H22N2O3S. The molecule has 0 radical (unpaired) electrons. The predicted octanol–water partition coefficient (Wildman–Crippen LogP) is 2.64. The molecule has 0 aliphatic carbocycles. The highest BCUT2D eigenvalue weighted by Crippen LogP contribution is 2.32. The van der Waals surface area contributed by atoms with Gasteiger partial charge in [0.05, 0.1) is 4.90 Å². The van der Waals surface area contributed by atoms with E-state index in [1.54, 1.807) is 25.2 Å². The molecular weight excluding hydrogens is 336 g/mol. The van der Waals surface area contributed by atoms with Gasteiger partial charge in [-0.05, 0) is 24.5 Å². The van der Waals surface area contributed by atoms with Gasteiger partial charge in [-0.2, -0.15) is 4.31 Å². The molecule has 1 aliphatic heterocycles. The lowest BCUT2D eigenvalue weighted by Gasteiger charge is -2.33. The van der Waals surface area contributed by atoms with Crippen LogP contribution in [-0.2, 0) is 14.8 Å². The average molecular weight is 358 g/mol. The molecule has 2 aromatic carbocycles. The highest BCUT2D eigenvalue weighted by atomic mass is 32.2. The van der Waals surface area contributed by atoms with Crippen molar-refractivity contribution < 1.29 is 13.2 Å². The minimum Gasteiger partial charge on any atom is -0.358 e. The van der Waals surface area contributed by atoms with Crippen molar-refractivity contribution in [2.75, 3.05) is 13.6 Å². The van der Waals surface area contributed by atoms with Crippen LogP contribution >= 0.6 is 0 Å². The minimum atomic E-state index is -3.77. The van der Waals surface area contributed by atoms with Crippen LogP contribution < -0.4 is 5.32 Å². The first kappa shape index (κ1) is 17.6. The third-order valence-corrected chi connectivity index (χ3v) is 6.53. The molecule has 1 unspecified atom stereocenters. The maximum Gasteiger partial charge on any atom is 0.244 e. The smallest absolute Gasteiger partial charge is 0.244 e. The Morgan fingerprint density at radius 3 is 2.44 bits per heavy atom. The molecule has 1 atom stereocenters. The number of carbonyl (C=O) groups is 1. The zero-order valence-electron chi connectivity index (χ0n) is 14.2. The number of piperidine rings is 1. The summed E-state index contributed by atoms with van der Waals surface area (Å²) in [7, 11) is -2.23. The Morgan fingerprint density at radius 2 is 1.72 bits per heavy atom. The van der Waals surface area contributed by atoms with Crippen molar-refractivity contribution in [1.82, 2.24) is 9.62 Å². The average Bonchev–Trinajstić information content (AvgIpc) is 2.68. The summed E-state index contributed by atoms with van der Waals surface area (Å²) >= 11 is 0. The van der Waals surface area contributed by atoms with Gasteiger partial charge in [-0.3, -0.25) is 4.79 Å². The van der Waals surface area contributed by atoms with E-state index in [1.807, 2.05) is 36.4 Å². The van der Waals surface area contributed by atoms with Crippen LogP contribution in [-0.4, -0.2) is 38.3 Å². The first-order valence-corrected chi connectivity index (χ1v) is 9.87. The molecule has 0 saturated carbocycles. The van der Waals surface area contributed by atoms with Crippen LogP contribution in [0.25, 0.3) is 11.1 Å². The molecule has 0 aromatic heterocycles. The molecule has 1 fully saturated rings. The molecule has 1 amide bonds. The Bertz CT molecular complexity index is 850. The highest BCUT2D eigenvalue weighted by Gasteiger charge is 2.38. The SMILES string of the molecule is CNC(=O)C1CCCCN1S(=O)(=O)c1ccccc1-c1ccccc1. The van der Waals surface area contributed by atoms with E-state index in [0.717, 1.165) is 18.4 Å². The fraction of sp³-hybridized carbons (Fsp3) is 0.316. The topological polar surface area (TPSA) is 66.5 Å². The standard InChI is InChI=1S/C19H22N2O3S/c1-20-19(22)17-12-7-8-14-21(17)25(23,24)18-13-6-5-11-16(18)15-9-3-2-4-10-15/h2-6,9-11,13,17H,7-8,12,14H2,1H3,(H,20,22). The van der Waals surface area contributed by atoms with Gasteiger partial charge in [-0.1, -0.05) is 55.0 Å². The van der Waals surface area contributed by atoms with Crippen LogP contribution in [0.4, 0.5) is 0 Å². The maximum absolute atomic E-state index is 13.4. The minimum absolute atomic E-state index is 0.247. The highest BCUT2D eigenvalue weighted by molar-refractivity contribution is 7.89. The first-order chi connectivity index (χ1) is 12.1. The van der Waals surface area contributed by atoms with E-state index in [2.05, 4.69) is 5.32 Å². The second kappa shape index (κ2) is 7.37. The lowest BCUT2D eigenvalue weighted by atomic mass is 10.0. The summed E-state index contributed by atoms with van der Waals surface area (Å²) in [6.45, 7) is 0.365. The number of hydrogen-bond donors (Lipinski definition) is 1. The Balaban J connectivity index is 2.07. The van der Waals surface area contributed by atoms with Gasteiger partial charge in [0.2, 0.25) is 15.9 Å². The Morgan fingerprint density at radius 1 is 1.04 bits per heavy atom. The molecule has 1 heterocycles. The van der Waals surface area contributed by atoms with Gasteiger partial charge in [-0.15, -0.1) is 0 Å². The van der Waals surface area contributed by atoms with Crippen LogP contribution in [0.15, 0.2) is 59.5 Å².